The summed E-state index contributed by atoms with van der Waals surface area (Å²) < 4.78 is 19.8. The molecular formula is C20H19NO9. The van der Waals surface area contributed by atoms with Crippen molar-refractivity contribution >= 4 is 24.3 Å². The van der Waals surface area contributed by atoms with Gasteiger partial charge in [0.15, 0.2) is 0 Å². The van der Waals surface area contributed by atoms with E-state index in [2.05, 4.69) is 4.74 Å². The number of carbonyl (C=O) groups is 3. The SMILES string of the molecule is CC(COC=O)(COC(=O)Oc1ccc([N+](=O)[O-])cc1)C(=O)OCc1ccccc1. The van der Waals surface area contributed by atoms with Gasteiger partial charge >= 0.3 is 12.1 Å². The molecule has 0 saturated heterocycles. The fourth-order valence-electron chi connectivity index (χ4n) is 2.25. The van der Waals surface area contributed by atoms with E-state index in [-0.39, 0.29) is 31.1 Å². The number of rotatable bonds is 10. The number of benzene rings is 2. The van der Waals surface area contributed by atoms with Gasteiger partial charge in [0, 0.05) is 12.1 Å². The van der Waals surface area contributed by atoms with Crippen LogP contribution in [0.5, 0.6) is 5.75 Å². The van der Waals surface area contributed by atoms with Crippen LogP contribution in [0.15, 0.2) is 54.6 Å². The highest BCUT2D eigenvalue weighted by atomic mass is 16.7. The van der Waals surface area contributed by atoms with Gasteiger partial charge in [-0.15, -0.1) is 0 Å². The molecule has 0 N–H and O–H groups in total. The van der Waals surface area contributed by atoms with Crippen LogP contribution in [0.25, 0.3) is 0 Å². The standard InChI is InChI=1S/C20H19NO9/c1-20(12-27-14-22,18(23)28-11-15-5-3-2-4-6-15)13-29-19(24)30-17-9-7-16(8-10-17)21(25)26/h2-10,14H,11-13H2,1H3. The summed E-state index contributed by atoms with van der Waals surface area (Å²) in [6.45, 7) is 0.694. The van der Waals surface area contributed by atoms with E-state index in [4.69, 9.17) is 14.2 Å². The van der Waals surface area contributed by atoms with Crippen LogP contribution in [-0.4, -0.2) is 36.7 Å². The maximum absolute atomic E-state index is 12.5. The molecule has 0 heterocycles. The maximum atomic E-state index is 12.5. The van der Waals surface area contributed by atoms with Crippen LogP contribution in [0.2, 0.25) is 0 Å². The molecule has 30 heavy (non-hydrogen) atoms. The number of nitrogens with zero attached hydrogens (tertiary/aromatic N) is 1. The van der Waals surface area contributed by atoms with Gasteiger partial charge in [-0.3, -0.25) is 19.7 Å². The van der Waals surface area contributed by atoms with Gasteiger partial charge < -0.3 is 18.9 Å². The summed E-state index contributed by atoms with van der Waals surface area (Å²) in [5.74, 6) is -0.723. The van der Waals surface area contributed by atoms with Gasteiger partial charge in [-0.1, -0.05) is 30.3 Å². The van der Waals surface area contributed by atoms with E-state index in [1.165, 1.54) is 19.1 Å². The molecule has 0 aliphatic heterocycles. The number of non-ortho nitro benzene ring substituents is 1. The van der Waals surface area contributed by atoms with E-state index in [9.17, 15) is 24.5 Å². The van der Waals surface area contributed by atoms with Crippen molar-refractivity contribution in [1.82, 2.24) is 0 Å². The monoisotopic (exact) mass is 417 g/mol. The molecule has 1 atom stereocenters. The first-order valence-electron chi connectivity index (χ1n) is 8.69. The summed E-state index contributed by atoms with van der Waals surface area (Å²) in [5, 5.41) is 10.6. The lowest BCUT2D eigenvalue weighted by atomic mass is 9.93. The van der Waals surface area contributed by atoms with E-state index in [1.54, 1.807) is 24.3 Å². The Hall–Kier alpha value is -3.95. The van der Waals surface area contributed by atoms with Crippen LogP contribution in [0.1, 0.15) is 12.5 Å². The number of ether oxygens (including phenoxy) is 4. The molecule has 0 bridgehead atoms. The zero-order chi connectivity index (χ0) is 22.0. The summed E-state index contributed by atoms with van der Waals surface area (Å²) >= 11 is 0. The quantitative estimate of drug-likeness (QED) is 0.143. The normalized spacial score (nSPS) is 12.2. The molecule has 0 aliphatic carbocycles. The zero-order valence-corrected chi connectivity index (χ0v) is 16.0. The summed E-state index contributed by atoms with van der Waals surface area (Å²) in [6, 6.07) is 13.7. The number of hydrogen-bond donors (Lipinski definition) is 0. The Labute approximate surface area is 171 Å². The largest absolute Gasteiger partial charge is 0.513 e. The number of esters is 1. The second-order valence-electron chi connectivity index (χ2n) is 6.42. The third-order valence-corrected chi connectivity index (χ3v) is 3.93. The molecule has 0 fully saturated rings. The maximum Gasteiger partial charge on any atom is 0.513 e. The van der Waals surface area contributed by atoms with Gasteiger partial charge in [0.2, 0.25) is 0 Å². The molecule has 158 valence electrons. The first-order chi connectivity index (χ1) is 14.3. The molecule has 0 saturated carbocycles. The van der Waals surface area contributed by atoms with Crippen LogP contribution in [0.3, 0.4) is 0 Å². The highest BCUT2D eigenvalue weighted by Gasteiger charge is 2.38. The minimum atomic E-state index is -1.47. The van der Waals surface area contributed by atoms with Crippen molar-refractivity contribution in [3.05, 3.63) is 70.3 Å². The van der Waals surface area contributed by atoms with Crippen LogP contribution in [-0.2, 0) is 30.4 Å². The van der Waals surface area contributed by atoms with E-state index in [0.717, 1.165) is 17.7 Å². The molecular weight excluding hydrogens is 398 g/mol. The minimum Gasteiger partial charge on any atom is -0.467 e. The molecule has 2 aromatic carbocycles. The van der Waals surface area contributed by atoms with Gasteiger partial charge in [0.05, 0.1) is 4.92 Å². The van der Waals surface area contributed by atoms with Crippen LogP contribution >= 0.6 is 0 Å². The molecule has 1 unspecified atom stereocenters. The second kappa shape index (κ2) is 10.6. The van der Waals surface area contributed by atoms with Gasteiger partial charge in [-0.05, 0) is 24.6 Å². The Morgan fingerprint density at radius 1 is 1.03 bits per heavy atom. The molecule has 0 aliphatic rings. The number of carbonyl (C=O) groups excluding carboxylic acids is 3. The lowest BCUT2D eigenvalue weighted by Gasteiger charge is -2.25. The number of hydrogen-bond acceptors (Lipinski definition) is 9. The number of nitro benzene ring substituents is 1. The van der Waals surface area contributed by atoms with Gasteiger partial charge in [0.25, 0.3) is 12.2 Å². The van der Waals surface area contributed by atoms with Gasteiger partial charge in [-0.25, -0.2) is 4.79 Å². The van der Waals surface area contributed by atoms with Gasteiger partial charge in [0.1, 0.15) is 31.0 Å². The highest BCUT2D eigenvalue weighted by molar-refractivity contribution is 5.77. The summed E-state index contributed by atoms with van der Waals surface area (Å²) in [5.41, 5.74) is -0.886. The van der Waals surface area contributed by atoms with Crippen LogP contribution < -0.4 is 4.74 Å². The third kappa shape index (κ3) is 6.59. The Morgan fingerprint density at radius 2 is 1.70 bits per heavy atom. The highest BCUT2D eigenvalue weighted by Crippen LogP contribution is 2.22. The van der Waals surface area contributed by atoms with E-state index in [0.29, 0.717) is 0 Å². The molecule has 2 aromatic rings. The van der Waals surface area contributed by atoms with Crippen molar-refractivity contribution in [2.45, 2.75) is 13.5 Å². The first kappa shape index (κ1) is 22.3. The van der Waals surface area contributed by atoms with E-state index in [1.807, 2.05) is 6.07 Å². The van der Waals surface area contributed by atoms with Gasteiger partial charge in [-0.2, -0.15) is 0 Å². The lowest BCUT2D eigenvalue weighted by Crippen LogP contribution is -2.40. The molecule has 10 heteroatoms. The Balaban J connectivity index is 1.94. The van der Waals surface area contributed by atoms with Crippen molar-refractivity contribution in [3.63, 3.8) is 0 Å². The first-order valence-corrected chi connectivity index (χ1v) is 8.69. The molecule has 0 amide bonds. The lowest BCUT2D eigenvalue weighted by molar-refractivity contribution is -0.384. The average Bonchev–Trinajstić information content (AvgIpc) is 2.75. The molecule has 2 rings (SSSR count). The van der Waals surface area contributed by atoms with Crippen molar-refractivity contribution < 1.29 is 38.3 Å². The fraction of sp³-hybridized carbons (Fsp3) is 0.250. The molecule has 0 radical (unpaired) electrons. The summed E-state index contributed by atoms with van der Waals surface area (Å²) in [4.78, 5) is 45.0. The fourth-order valence-corrected chi connectivity index (χ4v) is 2.25. The zero-order valence-electron chi connectivity index (χ0n) is 16.0. The van der Waals surface area contributed by atoms with Crippen molar-refractivity contribution in [1.29, 1.82) is 0 Å². The van der Waals surface area contributed by atoms with E-state index < -0.39 is 29.1 Å². The Bertz CT molecular complexity index is 883. The summed E-state index contributed by atoms with van der Waals surface area (Å²) in [7, 11) is 0. The third-order valence-electron chi connectivity index (χ3n) is 3.93. The number of nitro groups is 1. The van der Waals surface area contributed by atoms with Crippen molar-refractivity contribution in [2.75, 3.05) is 13.2 Å². The Kier molecular flexibility index (Phi) is 7.86. The molecule has 10 nitrogen and oxygen atoms in total. The molecule has 0 spiro atoms. The second-order valence-corrected chi connectivity index (χ2v) is 6.42. The predicted molar refractivity (Wildman–Crippen MR) is 101 cm³/mol. The van der Waals surface area contributed by atoms with Crippen molar-refractivity contribution in [3.8, 4) is 5.75 Å². The van der Waals surface area contributed by atoms with Crippen LogP contribution in [0.4, 0.5) is 10.5 Å². The molecule has 0 aromatic heterocycles. The smallest absolute Gasteiger partial charge is 0.467 e. The topological polar surface area (TPSA) is 131 Å². The minimum absolute atomic E-state index is 0.0103. The van der Waals surface area contributed by atoms with E-state index >= 15 is 0 Å². The Morgan fingerprint density at radius 3 is 2.30 bits per heavy atom. The average molecular weight is 417 g/mol. The van der Waals surface area contributed by atoms with Crippen molar-refractivity contribution in [2.24, 2.45) is 5.41 Å². The van der Waals surface area contributed by atoms with Crippen LogP contribution in [0, 0.1) is 15.5 Å². The summed E-state index contributed by atoms with van der Waals surface area (Å²) in [6.07, 6.45) is -1.14. The predicted octanol–water partition coefficient (Wildman–Crippen LogP) is 3.03.